The lowest BCUT2D eigenvalue weighted by molar-refractivity contribution is 0.290. The predicted octanol–water partition coefficient (Wildman–Crippen LogP) is 3.37. The first kappa shape index (κ1) is 12.8. The highest BCUT2D eigenvalue weighted by atomic mass is 32.1. The van der Waals surface area contributed by atoms with E-state index in [9.17, 15) is 0 Å². The first-order valence-electron chi connectivity index (χ1n) is 6.98. The Morgan fingerprint density at radius 2 is 2.14 bits per heavy atom. The summed E-state index contributed by atoms with van der Waals surface area (Å²) in [6, 6.07) is 0. The third kappa shape index (κ3) is 1.39. The molecule has 21 heavy (non-hydrogen) atoms. The molecule has 1 spiro atoms. The molecule has 1 aliphatic carbocycles. The predicted molar refractivity (Wildman–Crippen MR) is 86.2 cm³/mol. The van der Waals surface area contributed by atoms with Gasteiger partial charge in [0.15, 0.2) is 0 Å². The summed E-state index contributed by atoms with van der Waals surface area (Å²) in [4.78, 5) is 6.78. The molecule has 1 unspecified atom stereocenters. The Hall–Kier alpha value is -1.88. The van der Waals surface area contributed by atoms with E-state index in [2.05, 4.69) is 59.3 Å². The van der Waals surface area contributed by atoms with Crippen LogP contribution in [0.5, 0.6) is 0 Å². The molecule has 0 saturated carbocycles. The number of anilines is 1. The second-order valence-electron chi connectivity index (χ2n) is 5.71. The maximum absolute atomic E-state index is 5.63. The molecule has 0 amide bonds. The van der Waals surface area contributed by atoms with Crippen LogP contribution in [-0.4, -0.2) is 22.2 Å². The number of methoxy groups -OCH3 is 1. The van der Waals surface area contributed by atoms with E-state index in [1.54, 1.807) is 13.3 Å². The summed E-state index contributed by atoms with van der Waals surface area (Å²) in [5.41, 5.74) is 3.41. The molecule has 2 aliphatic heterocycles. The van der Waals surface area contributed by atoms with Crippen molar-refractivity contribution in [2.45, 2.75) is 30.8 Å². The minimum atomic E-state index is -0.202. The van der Waals surface area contributed by atoms with Gasteiger partial charge in [0, 0.05) is 18.2 Å². The molecule has 4 nitrogen and oxygen atoms in total. The second-order valence-corrected chi connectivity index (χ2v) is 6.17. The average molecular weight is 299 g/mol. The van der Waals surface area contributed by atoms with Gasteiger partial charge in [0.05, 0.1) is 24.0 Å². The minimum absolute atomic E-state index is 0.202. The van der Waals surface area contributed by atoms with Gasteiger partial charge in [-0.15, -0.1) is 12.6 Å². The van der Waals surface area contributed by atoms with E-state index in [1.165, 1.54) is 11.3 Å². The molecule has 5 heteroatoms. The fraction of sp³-hybridized carbons (Fsp3) is 0.312. The first-order valence-corrected chi connectivity index (χ1v) is 7.43. The molecule has 0 aromatic carbocycles. The molecular weight excluding hydrogens is 282 g/mol. The molecule has 0 N–H and O–H groups in total. The summed E-state index contributed by atoms with van der Waals surface area (Å²) in [5, 5.41) is 0.852. The molecular formula is C16H17N3OS. The molecule has 0 bridgehead atoms. The molecule has 0 saturated heterocycles. The second kappa shape index (κ2) is 4.07. The fourth-order valence-corrected chi connectivity index (χ4v) is 4.12. The van der Waals surface area contributed by atoms with E-state index >= 15 is 0 Å². The van der Waals surface area contributed by atoms with Crippen LogP contribution in [0.15, 0.2) is 52.6 Å². The van der Waals surface area contributed by atoms with Crippen LogP contribution < -0.4 is 4.90 Å². The van der Waals surface area contributed by atoms with E-state index in [0.29, 0.717) is 0 Å². The van der Waals surface area contributed by atoms with Crippen LogP contribution in [0.2, 0.25) is 0 Å². The summed E-state index contributed by atoms with van der Waals surface area (Å²) >= 11 is 4.59. The highest BCUT2D eigenvalue weighted by Gasteiger charge is 2.51. The third-order valence-electron chi connectivity index (χ3n) is 4.54. The van der Waals surface area contributed by atoms with Crippen LogP contribution in [0.1, 0.15) is 20.3 Å². The largest absolute Gasteiger partial charge is 0.496 e. The van der Waals surface area contributed by atoms with Gasteiger partial charge < -0.3 is 9.64 Å². The minimum Gasteiger partial charge on any atom is -0.496 e. The van der Waals surface area contributed by atoms with E-state index in [-0.39, 0.29) is 5.54 Å². The Balaban J connectivity index is 2.08. The summed E-state index contributed by atoms with van der Waals surface area (Å²) in [5.74, 6) is 1.90. The number of hydrogen-bond donors (Lipinski definition) is 1. The van der Waals surface area contributed by atoms with Gasteiger partial charge in [-0.25, -0.2) is 4.98 Å². The van der Waals surface area contributed by atoms with Crippen LogP contribution >= 0.6 is 12.6 Å². The SMILES string of the molecule is COC1=C(C)CC23C=CC=CN2c2ncc(S)n2C3=C1C. The fourth-order valence-electron chi connectivity index (χ4n) is 3.87. The Bertz CT molecular complexity index is 768. The first-order chi connectivity index (χ1) is 10.1. The Morgan fingerprint density at radius 1 is 1.33 bits per heavy atom. The lowest BCUT2D eigenvalue weighted by Gasteiger charge is -2.40. The number of fused-ring (bicyclic) bond motifs is 3. The van der Waals surface area contributed by atoms with E-state index in [0.717, 1.165) is 28.7 Å². The molecule has 1 atom stereocenters. The zero-order valence-electron chi connectivity index (χ0n) is 12.3. The van der Waals surface area contributed by atoms with Gasteiger partial charge in [-0.2, -0.15) is 0 Å². The van der Waals surface area contributed by atoms with Crippen LogP contribution in [0.25, 0.3) is 5.70 Å². The Morgan fingerprint density at radius 3 is 2.90 bits per heavy atom. The lowest BCUT2D eigenvalue weighted by Crippen LogP contribution is -2.45. The molecule has 0 fully saturated rings. The van der Waals surface area contributed by atoms with Crippen LogP contribution in [0, 0.1) is 0 Å². The standard InChI is InChI=1S/C16H17N3OS/c1-10-8-16-6-4-5-7-18(16)15-17-9-12(21)19(15)14(16)11(2)13(10)20-3/h4-7,9,21H,8H2,1-3H3. The van der Waals surface area contributed by atoms with Gasteiger partial charge in [0.1, 0.15) is 11.3 Å². The third-order valence-corrected chi connectivity index (χ3v) is 4.86. The Kier molecular flexibility index (Phi) is 2.49. The average Bonchev–Trinajstić information content (AvgIpc) is 2.95. The summed E-state index contributed by atoms with van der Waals surface area (Å²) in [7, 11) is 1.74. The van der Waals surface area contributed by atoms with Gasteiger partial charge in [-0.1, -0.05) is 12.2 Å². The van der Waals surface area contributed by atoms with Crippen molar-refractivity contribution in [1.82, 2.24) is 9.55 Å². The van der Waals surface area contributed by atoms with Crippen molar-refractivity contribution in [2.24, 2.45) is 0 Å². The molecule has 108 valence electrons. The number of thiol groups is 1. The summed E-state index contributed by atoms with van der Waals surface area (Å²) in [6.45, 7) is 4.26. The van der Waals surface area contributed by atoms with Gasteiger partial charge in [-0.05, 0) is 25.5 Å². The molecule has 0 radical (unpaired) electrons. The lowest BCUT2D eigenvalue weighted by atomic mass is 9.78. The maximum Gasteiger partial charge on any atom is 0.216 e. The smallest absolute Gasteiger partial charge is 0.216 e. The van der Waals surface area contributed by atoms with Gasteiger partial charge >= 0.3 is 0 Å². The number of allylic oxidation sites excluding steroid dienone is 3. The highest BCUT2D eigenvalue weighted by Crippen LogP contribution is 2.53. The van der Waals surface area contributed by atoms with Crippen LogP contribution in [-0.2, 0) is 4.74 Å². The van der Waals surface area contributed by atoms with Crippen molar-refractivity contribution in [3.8, 4) is 0 Å². The number of aromatic nitrogens is 2. The van der Waals surface area contributed by atoms with Crippen molar-refractivity contribution in [3.05, 3.63) is 47.5 Å². The number of ether oxygens (including phenoxy) is 1. The molecule has 1 aromatic rings. The van der Waals surface area contributed by atoms with E-state index in [1.807, 2.05) is 6.08 Å². The summed E-state index contributed by atoms with van der Waals surface area (Å²) < 4.78 is 7.76. The number of imidazole rings is 1. The quantitative estimate of drug-likeness (QED) is 0.807. The molecule has 1 aromatic heterocycles. The van der Waals surface area contributed by atoms with E-state index < -0.39 is 0 Å². The normalized spacial score (nSPS) is 26.2. The van der Waals surface area contributed by atoms with Crippen molar-refractivity contribution in [1.29, 1.82) is 0 Å². The molecule has 4 rings (SSSR count). The number of hydrogen-bond acceptors (Lipinski definition) is 4. The molecule has 3 heterocycles. The van der Waals surface area contributed by atoms with Gasteiger partial charge in [0.25, 0.3) is 0 Å². The summed E-state index contributed by atoms with van der Waals surface area (Å²) in [6.07, 6.45) is 11.2. The van der Waals surface area contributed by atoms with Gasteiger partial charge in [0.2, 0.25) is 5.95 Å². The zero-order chi connectivity index (χ0) is 14.8. The van der Waals surface area contributed by atoms with Gasteiger partial charge in [-0.3, -0.25) is 4.57 Å². The highest BCUT2D eigenvalue weighted by molar-refractivity contribution is 7.80. The van der Waals surface area contributed by atoms with E-state index in [4.69, 9.17) is 4.74 Å². The Labute approximate surface area is 129 Å². The monoisotopic (exact) mass is 299 g/mol. The molecule has 3 aliphatic rings. The number of rotatable bonds is 1. The van der Waals surface area contributed by atoms with Crippen molar-refractivity contribution >= 4 is 24.3 Å². The van der Waals surface area contributed by atoms with Crippen LogP contribution in [0.4, 0.5) is 5.95 Å². The number of nitrogens with zero attached hydrogens (tertiary/aromatic N) is 3. The van der Waals surface area contributed by atoms with Crippen molar-refractivity contribution < 1.29 is 4.74 Å². The van der Waals surface area contributed by atoms with Crippen molar-refractivity contribution in [2.75, 3.05) is 12.0 Å². The van der Waals surface area contributed by atoms with Crippen LogP contribution in [0.3, 0.4) is 0 Å². The zero-order valence-corrected chi connectivity index (χ0v) is 13.2. The van der Waals surface area contributed by atoms with Crippen molar-refractivity contribution in [3.63, 3.8) is 0 Å². The maximum atomic E-state index is 5.63. The topological polar surface area (TPSA) is 30.3 Å².